The van der Waals surface area contributed by atoms with Crippen molar-refractivity contribution in [1.82, 2.24) is 9.80 Å². The Hall–Kier alpha value is -2.86. The molecule has 6 nitrogen and oxygen atoms in total. The van der Waals surface area contributed by atoms with Gasteiger partial charge in [0.15, 0.2) is 0 Å². The van der Waals surface area contributed by atoms with Crippen LogP contribution in [0.3, 0.4) is 0 Å². The number of ether oxygens (including phenoxy) is 1. The molecule has 1 N–H and O–H groups in total. The Morgan fingerprint density at radius 3 is 2.22 bits per heavy atom. The van der Waals surface area contributed by atoms with Crippen LogP contribution in [0.2, 0.25) is 0 Å². The first-order chi connectivity index (χ1) is 13.0. The maximum atomic E-state index is 12.7. The number of amides is 1. The van der Waals surface area contributed by atoms with Crippen LogP contribution in [0, 0.1) is 0 Å². The molecule has 1 heterocycles. The Labute approximate surface area is 159 Å². The van der Waals surface area contributed by atoms with E-state index in [1.54, 1.807) is 36.1 Å². The van der Waals surface area contributed by atoms with Gasteiger partial charge in [-0.05, 0) is 36.8 Å². The summed E-state index contributed by atoms with van der Waals surface area (Å²) >= 11 is 0. The zero-order chi connectivity index (χ0) is 19.2. The lowest BCUT2D eigenvalue weighted by molar-refractivity contribution is -0.143. The summed E-state index contributed by atoms with van der Waals surface area (Å²) in [6, 6.07) is 16.5. The van der Waals surface area contributed by atoms with Crippen molar-refractivity contribution in [3.05, 3.63) is 65.7 Å². The summed E-state index contributed by atoms with van der Waals surface area (Å²) in [5.74, 6) is -0.149. The summed E-state index contributed by atoms with van der Waals surface area (Å²) < 4.78 is 5.75. The predicted octanol–water partition coefficient (Wildman–Crippen LogP) is 2.50. The first kappa shape index (κ1) is 18.9. The van der Waals surface area contributed by atoms with Gasteiger partial charge in [0.25, 0.3) is 5.91 Å². The number of carboxylic acid groups (broad SMARTS) is 1. The molecule has 0 bridgehead atoms. The number of hydrogen-bond acceptors (Lipinski definition) is 4. The molecule has 2 aromatic rings. The van der Waals surface area contributed by atoms with Gasteiger partial charge >= 0.3 is 5.97 Å². The lowest BCUT2D eigenvalue weighted by atomic mass is 10.1. The van der Waals surface area contributed by atoms with E-state index >= 15 is 0 Å². The molecule has 0 saturated carbocycles. The van der Waals surface area contributed by atoms with Crippen LogP contribution in [0.15, 0.2) is 54.6 Å². The van der Waals surface area contributed by atoms with Crippen LogP contribution in [0.5, 0.6) is 5.75 Å². The van der Waals surface area contributed by atoms with Crippen molar-refractivity contribution < 1.29 is 19.4 Å². The van der Waals surface area contributed by atoms with Crippen LogP contribution in [0.4, 0.5) is 0 Å². The second-order valence-corrected chi connectivity index (χ2v) is 6.64. The highest BCUT2D eigenvalue weighted by molar-refractivity contribution is 5.94. The second kappa shape index (κ2) is 8.68. The Morgan fingerprint density at radius 2 is 1.63 bits per heavy atom. The van der Waals surface area contributed by atoms with Gasteiger partial charge in [0.2, 0.25) is 0 Å². The van der Waals surface area contributed by atoms with Gasteiger partial charge < -0.3 is 14.7 Å². The highest BCUT2D eigenvalue weighted by atomic mass is 16.5. The number of carboxylic acids is 1. The van der Waals surface area contributed by atoms with Crippen molar-refractivity contribution in [1.29, 1.82) is 0 Å². The van der Waals surface area contributed by atoms with Crippen molar-refractivity contribution in [2.75, 3.05) is 26.2 Å². The number of benzene rings is 2. The Kier molecular flexibility index (Phi) is 6.08. The quantitative estimate of drug-likeness (QED) is 0.848. The summed E-state index contributed by atoms with van der Waals surface area (Å²) in [6.45, 7) is 4.35. The third-order valence-corrected chi connectivity index (χ3v) is 4.86. The molecular weight excluding hydrogens is 344 g/mol. The van der Waals surface area contributed by atoms with E-state index in [2.05, 4.69) is 0 Å². The van der Waals surface area contributed by atoms with Gasteiger partial charge in [-0.15, -0.1) is 0 Å². The van der Waals surface area contributed by atoms with E-state index in [1.807, 2.05) is 35.2 Å². The van der Waals surface area contributed by atoms with Crippen molar-refractivity contribution >= 4 is 11.9 Å². The molecule has 1 fully saturated rings. The topological polar surface area (TPSA) is 70.1 Å². The molecule has 0 spiro atoms. The van der Waals surface area contributed by atoms with Gasteiger partial charge in [-0.2, -0.15) is 0 Å². The average molecular weight is 368 g/mol. The molecule has 0 radical (unpaired) electrons. The summed E-state index contributed by atoms with van der Waals surface area (Å²) in [5.41, 5.74) is 1.70. The molecule has 1 atom stereocenters. The molecular formula is C21H24N2O4. The van der Waals surface area contributed by atoms with Crippen LogP contribution in [-0.4, -0.2) is 59.0 Å². The standard InChI is InChI=1S/C21H24N2O4/c1-16(21(25)26)22-11-13-23(14-12-22)20(24)18-7-9-19(10-8-18)27-15-17-5-3-2-4-6-17/h2-10,16H,11-15H2,1H3,(H,25,26). The van der Waals surface area contributed by atoms with Crippen LogP contribution >= 0.6 is 0 Å². The Morgan fingerprint density at radius 1 is 1.00 bits per heavy atom. The first-order valence-corrected chi connectivity index (χ1v) is 9.07. The van der Waals surface area contributed by atoms with E-state index in [0.717, 1.165) is 11.3 Å². The van der Waals surface area contributed by atoms with Crippen LogP contribution < -0.4 is 4.74 Å². The molecule has 6 heteroatoms. The Bertz CT molecular complexity index is 769. The molecule has 0 aromatic heterocycles. The fourth-order valence-electron chi connectivity index (χ4n) is 3.09. The van der Waals surface area contributed by atoms with Gasteiger partial charge in [-0.3, -0.25) is 14.5 Å². The fourth-order valence-corrected chi connectivity index (χ4v) is 3.09. The molecule has 1 amide bonds. The molecule has 3 rings (SSSR count). The number of hydrogen-bond donors (Lipinski definition) is 1. The van der Waals surface area contributed by atoms with Crippen molar-refractivity contribution in [3.63, 3.8) is 0 Å². The molecule has 2 aromatic carbocycles. The SMILES string of the molecule is CC(C(=O)O)N1CCN(C(=O)c2ccc(OCc3ccccc3)cc2)CC1. The summed E-state index contributed by atoms with van der Waals surface area (Å²) in [4.78, 5) is 27.4. The number of carbonyl (C=O) groups excluding carboxylic acids is 1. The molecule has 1 saturated heterocycles. The van der Waals surface area contributed by atoms with Gasteiger partial charge in [0.1, 0.15) is 18.4 Å². The summed E-state index contributed by atoms with van der Waals surface area (Å²) in [5, 5.41) is 9.10. The predicted molar refractivity (Wildman–Crippen MR) is 102 cm³/mol. The van der Waals surface area contributed by atoms with E-state index in [9.17, 15) is 9.59 Å². The lowest BCUT2D eigenvalue weighted by Crippen LogP contribution is -2.53. The molecule has 1 aliphatic heterocycles. The minimum Gasteiger partial charge on any atom is -0.489 e. The average Bonchev–Trinajstić information content (AvgIpc) is 2.72. The normalized spacial score (nSPS) is 16.0. The van der Waals surface area contributed by atoms with Gasteiger partial charge in [-0.25, -0.2) is 0 Å². The number of aliphatic carboxylic acids is 1. The third-order valence-electron chi connectivity index (χ3n) is 4.86. The van der Waals surface area contributed by atoms with Crippen molar-refractivity contribution in [2.45, 2.75) is 19.6 Å². The van der Waals surface area contributed by atoms with Gasteiger partial charge in [-0.1, -0.05) is 30.3 Å². The van der Waals surface area contributed by atoms with E-state index in [4.69, 9.17) is 9.84 Å². The fraction of sp³-hybridized carbons (Fsp3) is 0.333. The molecule has 0 aliphatic carbocycles. The number of piperazine rings is 1. The largest absolute Gasteiger partial charge is 0.489 e. The maximum Gasteiger partial charge on any atom is 0.320 e. The first-order valence-electron chi connectivity index (χ1n) is 9.07. The summed E-state index contributed by atoms with van der Waals surface area (Å²) in [7, 11) is 0. The second-order valence-electron chi connectivity index (χ2n) is 6.64. The lowest BCUT2D eigenvalue weighted by Gasteiger charge is -2.36. The van der Waals surface area contributed by atoms with E-state index in [1.165, 1.54) is 0 Å². The van der Waals surface area contributed by atoms with E-state index in [-0.39, 0.29) is 5.91 Å². The highest BCUT2D eigenvalue weighted by Crippen LogP contribution is 2.17. The molecule has 1 unspecified atom stereocenters. The third kappa shape index (κ3) is 4.86. The number of rotatable bonds is 6. The molecule has 27 heavy (non-hydrogen) atoms. The van der Waals surface area contributed by atoms with Gasteiger partial charge in [0.05, 0.1) is 0 Å². The van der Waals surface area contributed by atoms with Crippen molar-refractivity contribution in [2.24, 2.45) is 0 Å². The van der Waals surface area contributed by atoms with E-state index < -0.39 is 12.0 Å². The minimum absolute atomic E-state index is 0.0350. The smallest absolute Gasteiger partial charge is 0.320 e. The van der Waals surface area contributed by atoms with Crippen LogP contribution in [0.1, 0.15) is 22.8 Å². The number of nitrogens with zero attached hydrogens (tertiary/aromatic N) is 2. The molecule has 142 valence electrons. The van der Waals surface area contributed by atoms with Crippen LogP contribution in [0.25, 0.3) is 0 Å². The van der Waals surface area contributed by atoms with Crippen molar-refractivity contribution in [3.8, 4) is 5.75 Å². The zero-order valence-corrected chi connectivity index (χ0v) is 15.4. The summed E-state index contributed by atoms with van der Waals surface area (Å²) in [6.07, 6.45) is 0. The highest BCUT2D eigenvalue weighted by Gasteiger charge is 2.27. The Balaban J connectivity index is 1.53. The van der Waals surface area contributed by atoms with Gasteiger partial charge in [0, 0.05) is 31.7 Å². The maximum absolute atomic E-state index is 12.7. The minimum atomic E-state index is -0.833. The van der Waals surface area contributed by atoms with Crippen LogP contribution in [-0.2, 0) is 11.4 Å². The van der Waals surface area contributed by atoms with E-state index in [0.29, 0.717) is 38.3 Å². The molecule has 1 aliphatic rings. The zero-order valence-electron chi connectivity index (χ0n) is 15.4. The number of carbonyl (C=O) groups is 2. The monoisotopic (exact) mass is 368 g/mol.